The second kappa shape index (κ2) is 5.90. The first kappa shape index (κ1) is 14.9. The third kappa shape index (κ3) is 3.00. The molecule has 0 aliphatic rings. The van der Waals surface area contributed by atoms with Crippen LogP contribution in [0.2, 0.25) is 5.02 Å². The summed E-state index contributed by atoms with van der Waals surface area (Å²) in [6, 6.07) is 10.00. The molecule has 0 saturated heterocycles. The molecule has 0 aliphatic heterocycles. The highest BCUT2D eigenvalue weighted by Gasteiger charge is 2.31. The van der Waals surface area contributed by atoms with Crippen LogP contribution >= 0.6 is 11.6 Å². The average Bonchev–Trinajstić information content (AvgIpc) is 2.43. The highest BCUT2D eigenvalue weighted by atomic mass is 35.5. The zero-order chi connectivity index (χ0) is 14.8. The Morgan fingerprint density at radius 1 is 1.15 bits per heavy atom. The Bertz CT molecular complexity index is 615. The van der Waals surface area contributed by atoms with Crippen LogP contribution in [-0.4, -0.2) is 5.11 Å². The van der Waals surface area contributed by atoms with Gasteiger partial charge in [0.1, 0.15) is 11.6 Å². The van der Waals surface area contributed by atoms with Crippen molar-refractivity contribution in [3.63, 3.8) is 0 Å². The van der Waals surface area contributed by atoms with Crippen LogP contribution < -0.4 is 0 Å². The lowest BCUT2D eigenvalue weighted by molar-refractivity contribution is 0.0291. The predicted molar refractivity (Wildman–Crippen MR) is 75.7 cm³/mol. The first-order chi connectivity index (χ1) is 9.46. The monoisotopic (exact) mass is 296 g/mol. The van der Waals surface area contributed by atoms with Gasteiger partial charge in [-0.1, -0.05) is 36.7 Å². The molecule has 2 aromatic rings. The number of rotatable bonds is 4. The van der Waals surface area contributed by atoms with Crippen LogP contribution in [0.25, 0.3) is 0 Å². The van der Waals surface area contributed by atoms with E-state index in [0.29, 0.717) is 17.0 Å². The van der Waals surface area contributed by atoms with Gasteiger partial charge in [-0.25, -0.2) is 8.78 Å². The molecule has 2 rings (SSSR count). The Kier molecular flexibility index (Phi) is 4.41. The maximum absolute atomic E-state index is 13.9. The van der Waals surface area contributed by atoms with Crippen molar-refractivity contribution >= 4 is 11.6 Å². The molecule has 0 fully saturated rings. The Morgan fingerprint density at radius 3 is 2.50 bits per heavy atom. The second-order valence-corrected chi connectivity index (χ2v) is 5.18. The molecule has 0 spiro atoms. The van der Waals surface area contributed by atoms with Crippen molar-refractivity contribution in [2.24, 2.45) is 0 Å². The van der Waals surface area contributed by atoms with E-state index >= 15 is 0 Å². The van der Waals surface area contributed by atoms with Gasteiger partial charge in [0.2, 0.25) is 0 Å². The quantitative estimate of drug-likeness (QED) is 0.883. The largest absolute Gasteiger partial charge is 0.385 e. The van der Waals surface area contributed by atoms with E-state index in [-0.39, 0.29) is 12.0 Å². The zero-order valence-corrected chi connectivity index (χ0v) is 11.8. The van der Waals surface area contributed by atoms with Gasteiger partial charge in [0.15, 0.2) is 0 Å². The Balaban J connectivity index is 2.42. The first-order valence-corrected chi connectivity index (χ1v) is 6.75. The minimum absolute atomic E-state index is 0.0566. The van der Waals surface area contributed by atoms with Crippen molar-refractivity contribution < 1.29 is 13.9 Å². The predicted octanol–water partition coefficient (Wildman–Crippen LogP) is 4.46. The molecule has 0 saturated carbocycles. The van der Waals surface area contributed by atoms with Crippen molar-refractivity contribution in [2.45, 2.75) is 25.4 Å². The van der Waals surface area contributed by atoms with Crippen molar-refractivity contribution in [1.82, 2.24) is 0 Å². The summed E-state index contributed by atoms with van der Waals surface area (Å²) < 4.78 is 27.2. The van der Waals surface area contributed by atoms with Gasteiger partial charge in [-0.3, -0.25) is 0 Å². The summed E-state index contributed by atoms with van der Waals surface area (Å²) in [6.07, 6.45) is 0.349. The molecule has 2 aromatic carbocycles. The SMILES string of the molecule is CCC(O)(Cc1cc(F)ccc1Cl)c1ccccc1F. The Morgan fingerprint density at radius 2 is 1.85 bits per heavy atom. The molecule has 4 heteroatoms. The fraction of sp³-hybridized carbons (Fsp3) is 0.250. The summed E-state index contributed by atoms with van der Waals surface area (Å²) >= 11 is 6.01. The van der Waals surface area contributed by atoms with Gasteiger partial charge < -0.3 is 5.11 Å². The summed E-state index contributed by atoms with van der Waals surface area (Å²) in [4.78, 5) is 0. The number of hydrogen-bond acceptors (Lipinski definition) is 1. The van der Waals surface area contributed by atoms with Crippen LogP contribution in [0.1, 0.15) is 24.5 Å². The number of halogens is 3. The molecule has 0 aliphatic carbocycles. The Labute approximate surface area is 121 Å². The van der Waals surface area contributed by atoms with E-state index in [1.165, 1.54) is 30.3 Å². The van der Waals surface area contributed by atoms with E-state index in [4.69, 9.17) is 11.6 Å². The van der Waals surface area contributed by atoms with Crippen LogP contribution in [0.5, 0.6) is 0 Å². The summed E-state index contributed by atoms with van der Waals surface area (Å²) in [5, 5.41) is 11.1. The summed E-state index contributed by atoms with van der Waals surface area (Å²) in [5.41, 5.74) is -0.759. The minimum Gasteiger partial charge on any atom is -0.385 e. The molecule has 20 heavy (non-hydrogen) atoms. The highest BCUT2D eigenvalue weighted by molar-refractivity contribution is 6.31. The van der Waals surface area contributed by atoms with Crippen molar-refractivity contribution in [2.75, 3.05) is 0 Å². The summed E-state index contributed by atoms with van der Waals surface area (Å²) in [5.74, 6) is -0.916. The topological polar surface area (TPSA) is 20.2 Å². The molecule has 0 heterocycles. The molecular formula is C16H15ClF2O. The van der Waals surface area contributed by atoms with E-state index in [0.717, 1.165) is 0 Å². The van der Waals surface area contributed by atoms with E-state index < -0.39 is 17.2 Å². The fourth-order valence-corrected chi connectivity index (χ4v) is 2.43. The minimum atomic E-state index is -1.41. The van der Waals surface area contributed by atoms with Crippen LogP contribution in [0, 0.1) is 11.6 Å². The lowest BCUT2D eigenvalue weighted by Gasteiger charge is -2.28. The van der Waals surface area contributed by atoms with Crippen molar-refractivity contribution in [3.8, 4) is 0 Å². The molecule has 0 bridgehead atoms. The molecule has 1 unspecified atom stereocenters. The van der Waals surface area contributed by atoms with Gasteiger partial charge in [0, 0.05) is 17.0 Å². The van der Waals surface area contributed by atoms with Crippen LogP contribution in [0.4, 0.5) is 8.78 Å². The van der Waals surface area contributed by atoms with E-state index in [9.17, 15) is 13.9 Å². The van der Waals surface area contributed by atoms with Gasteiger partial charge in [0.25, 0.3) is 0 Å². The lowest BCUT2D eigenvalue weighted by atomic mass is 9.84. The second-order valence-electron chi connectivity index (χ2n) is 4.78. The van der Waals surface area contributed by atoms with E-state index in [1.54, 1.807) is 19.1 Å². The number of hydrogen-bond donors (Lipinski definition) is 1. The maximum Gasteiger partial charge on any atom is 0.129 e. The molecule has 0 amide bonds. The smallest absolute Gasteiger partial charge is 0.129 e. The van der Waals surface area contributed by atoms with Crippen LogP contribution in [0.3, 0.4) is 0 Å². The molecule has 1 nitrogen and oxygen atoms in total. The molecule has 106 valence electrons. The van der Waals surface area contributed by atoms with Gasteiger partial charge in [-0.2, -0.15) is 0 Å². The van der Waals surface area contributed by atoms with Crippen LogP contribution in [-0.2, 0) is 12.0 Å². The molecule has 0 radical (unpaired) electrons. The van der Waals surface area contributed by atoms with E-state index in [1.807, 2.05) is 0 Å². The van der Waals surface area contributed by atoms with Gasteiger partial charge in [0.05, 0.1) is 5.60 Å². The normalized spacial score (nSPS) is 14.1. The number of benzene rings is 2. The highest BCUT2D eigenvalue weighted by Crippen LogP contribution is 2.33. The van der Waals surface area contributed by atoms with Gasteiger partial charge in [-0.15, -0.1) is 0 Å². The summed E-state index contributed by atoms with van der Waals surface area (Å²) in [6.45, 7) is 1.75. The maximum atomic E-state index is 13.9. The first-order valence-electron chi connectivity index (χ1n) is 6.37. The molecule has 1 atom stereocenters. The third-order valence-corrected chi connectivity index (χ3v) is 3.82. The zero-order valence-electron chi connectivity index (χ0n) is 11.0. The fourth-order valence-electron chi connectivity index (χ4n) is 2.24. The van der Waals surface area contributed by atoms with E-state index in [2.05, 4.69) is 0 Å². The van der Waals surface area contributed by atoms with Gasteiger partial charge in [-0.05, 0) is 36.2 Å². The third-order valence-electron chi connectivity index (χ3n) is 3.45. The standard InChI is InChI=1S/C16H15ClF2O/c1-2-16(20,13-5-3-4-6-15(13)19)10-11-9-12(18)7-8-14(11)17/h3-9,20H,2,10H2,1H3. The number of aliphatic hydroxyl groups is 1. The van der Waals surface area contributed by atoms with Crippen LogP contribution in [0.15, 0.2) is 42.5 Å². The molecule has 0 aromatic heterocycles. The average molecular weight is 297 g/mol. The molecular weight excluding hydrogens is 282 g/mol. The Hall–Kier alpha value is -1.45. The lowest BCUT2D eigenvalue weighted by Crippen LogP contribution is -2.29. The van der Waals surface area contributed by atoms with Gasteiger partial charge >= 0.3 is 0 Å². The van der Waals surface area contributed by atoms with Crippen molar-refractivity contribution in [3.05, 3.63) is 70.2 Å². The summed E-state index contributed by atoms with van der Waals surface area (Å²) in [7, 11) is 0. The van der Waals surface area contributed by atoms with Crippen molar-refractivity contribution in [1.29, 1.82) is 0 Å². The molecule has 1 N–H and O–H groups in total.